The molecule has 142 valence electrons. The van der Waals surface area contributed by atoms with Crippen molar-refractivity contribution in [1.29, 1.82) is 0 Å². The summed E-state index contributed by atoms with van der Waals surface area (Å²) < 4.78 is 23.4. The molecule has 1 heterocycles. The van der Waals surface area contributed by atoms with Crippen molar-refractivity contribution in [3.8, 4) is 11.1 Å². The van der Waals surface area contributed by atoms with Gasteiger partial charge in [0.15, 0.2) is 9.84 Å². The van der Waals surface area contributed by atoms with Crippen LogP contribution in [0.25, 0.3) is 11.1 Å². The Morgan fingerprint density at radius 2 is 1.89 bits per heavy atom. The van der Waals surface area contributed by atoms with Crippen molar-refractivity contribution in [2.75, 3.05) is 23.9 Å². The molecule has 27 heavy (non-hydrogen) atoms. The van der Waals surface area contributed by atoms with Gasteiger partial charge in [-0.1, -0.05) is 30.3 Å². The summed E-state index contributed by atoms with van der Waals surface area (Å²) in [4.78, 5) is 14.3. The Kier molecular flexibility index (Phi) is 4.46. The molecule has 5 nitrogen and oxygen atoms in total. The average molecular weight is 385 g/mol. The van der Waals surface area contributed by atoms with E-state index >= 15 is 0 Å². The fourth-order valence-electron chi connectivity index (χ4n) is 4.11. The Hall–Kier alpha value is -2.34. The fraction of sp³-hybridized carbons (Fsp3) is 0.381. The molecule has 1 amide bonds. The molecule has 4 rings (SSSR count). The van der Waals surface area contributed by atoms with E-state index in [9.17, 15) is 13.2 Å². The molecule has 0 aromatic heterocycles. The number of hydrogen-bond donors (Lipinski definition) is 1. The van der Waals surface area contributed by atoms with Gasteiger partial charge in [-0.2, -0.15) is 0 Å². The third-order valence-corrected chi connectivity index (χ3v) is 7.40. The van der Waals surface area contributed by atoms with Crippen molar-refractivity contribution in [3.63, 3.8) is 0 Å². The molecule has 6 heteroatoms. The van der Waals surface area contributed by atoms with Gasteiger partial charge < -0.3 is 10.2 Å². The highest BCUT2D eigenvalue weighted by molar-refractivity contribution is 7.91. The minimum absolute atomic E-state index is 0.0685. The van der Waals surface area contributed by atoms with Gasteiger partial charge in [0.05, 0.1) is 11.5 Å². The third kappa shape index (κ3) is 3.46. The van der Waals surface area contributed by atoms with E-state index in [1.807, 2.05) is 13.0 Å². The smallest absolute Gasteiger partial charge is 0.244 e. The van der Waals surface area contributed by atoms with Crippen LogP contribution < -0.4 is 5.32 Å². The number of anilines is 1. The predicted molar refractivity (Wildman–Crippen MR) is 108 cm³/mol. The average Bonchev–Trinajstić information content (AvgIpc) is 3.19. The van der Waals surface area contributed by atoms with Gasteiger partial charge in [0.2, 0.25) is 5.91 Å². The van der Waals surface area contributed by atoms with Gasteiger partial charge in [0, 0.05) is 18.8 Å². The van der Waals surface area contributed by atoms with Crippen molar-refractivity contribution in [2.45, 2.75) is 31.8 Å². The second-order valence-corrected chi connectivity index (χ2v) is 9.81. The minimum atomic E-state index is -3.01. The van der Waals surface area contributed by atoms with E-state index < -0.39 is 15.9 Å². The van der Waals surface area contributed by atoms with Crippen molar-refractivity contribution in [2.24, 2.45) is 0 Å². The largest absolute Gasteiger partial charge is 0.374 e. The number of nitrogens with one attached hydrogen (secondary N) is 1. The summed E-state index contributed by atoms with van der Waals surface area (Å²) in [6.07, 6.45) is 1.43. The van der Waals surface area contributed by atoms with Crippen LogP contribution in [-0.4, -0.2) is 49.9 Å². The van der Waals surface area contributed by atoms with E-state index in [0.29, 0.717) is 6.42 Å². The first-order valence-corrected chi connectivity index (χ1v) is 11.1. The van der Waals surface area contributed by atoms with Crippen LogP contribution in [0.5, 0.6) is 0 Å². The number of likely N-dealkylation sites (N-methyl/N-ethyl adjacent to an activating group) is 1. The summed E-state index contributed by atoms with van der Waals surface area (Å²) in [5, 5.41) is 3.28. The summed E-state index contributed by atoms with van der Waals surface area (Å²) in [6.45, 7) is 1.82. The number of amides is 1. The van der Waals surface area contributed by atoms with Gasteiger partial charge in [-0.3, -0.25) is 4.79 Å². The Morgan fingerprint density at radius 3 is 2.63 bits per heavy atom. The second kappa shape index (κ2) is 6.68. The maximum Gasteiger partial charge on any atom is 0.244 e. The van der Waals surface area contributed by atoms with Crippen molar-refractivity contribution >= 4 is 21.4 Å². The monoisotopic (exact) mass is 384 g/mol. The van der Waals surface area contributed by atoms with E-state index in [2.05, 4.69) is 41.7 Å². The zero-order valence-corrected chi connectivity index (χ0v) is 16.4. The molecule has 0 saturated carbocycles. The van der Waals surface area contributed by atoms with Crippen LogP contribution >= 0.6 is 0 Å². The van der Waals surface area contributed by atoms with Gasteiger partial charge in [-0.05, 0) is 54.2 Å². The van der Waals surface area contributed by atoms with Crippen LogP contribution in [-0.2, 0) is 21.1 Å². The molecule has 1 fully saturated rings. The molecule has 0 radical (unpaired) electrons. The van der Waals surface area contributed by atoms with Gasteiger partial charge in [0.1, 0.15) is 6.04 Å². The summed E-state index contributed by atoms with van der Waals surface area (Å²) >= 11 is 0. The molecule has 1 saturated heterocycles. The van der Waals surface area contributed by atoms with Gasteiger partial charge in [-0.15, -0.1) is 0 Å². The molecule has 2 atom stereocenters. The lowest BCUT2D eigenvalue weighted by molar-refractivity contribution is -0.132. The molecule has 1 aliphatic carbocycles. The lowest BCUT2D eigenvalue weighted by Gasteiger charge is -2.27. The van der Waals surface area contributed by atoms with Crippen LogP contribution in [0.4, 0.5) is 5.69 Å². The lowest BCUT2D eigenvalue weighted by atomic mass is 10.1. The Bertz CT molecular complexity index is 1000. The topological polar surface area (TPSA) is 66.5 Å². The summed E-state index contributed by atoms with van der Waals surface area (Å²) in [7, 11) is -1.31. The van der Waals surface area contributed by atoms with E-state index in [1.165, 1.54) is 22.3 Å². The third-order valence-electron chi connectivity index (χ3n) is 5.65. The van der Waals surface area contributed by atoms with Crippen molar-refractivity contribution in [3.05, 3.63) is 53.6 Å². The Labute approximate surface area is 160 Å². The fourth-order valence-corrected chi connectivity index (χ4v) is 5.89. The highest BCUT2D eigenvalue weighted by Crippen LogP contribution is 2.37. The number of fused-ring (bicyclic) bond motifs is 3. The van der Waals surface area contributed by atoms with Crippen molar-refractivity contribution < 1.29 is 13.2 Å². The van der Waals surface area contributed by atoms with Gasteiger partial charge in [-0.25, -0.2) is 8.42 Å². The van der Waals surface area contributed by atoms with Crippen LogP contribution in [0.2, 0.25) is 0 Å². The predicted octanol–water partition coefficient (Wildman–Crippen LogP) is 2.70. The van der Waals surface area contributed by atoms with E-state index in [0.717, 1.165) is 12.1 Å². The molecule has 1 aliphatic heterocycles. The lowest BCUT2D eigenvalue weighted by Crippen LogP contribution is -2.45. The quantitative estimate of drug-likeness (QED) is 0.751. The number of benzene rings is 2. The summed E-state index contributed by atoms with van der Waals surface area (Å²) in [5.74, 6) is 0.155. The summed E-state index contributed by atoms with van der Waals surface area (Å²) in [6, 6.07) is 14.0. The molecule has 2 aliphatic rings. The van der Waals surface area contributed by atoms with Gasteiger partial charge in [0.25, 0.3) is 0 Å². The molecule has 1 N–H and O–H groups in total. The van der Waals surface area contributed by atoms with Crippen molar-refractivity contribution in [1.82, 2.24) is 4.90 Å². The molecule has 0 spiro atoms. The molecule has 2 aromatic rings. The van der Waals surface area contributed by atoms with E-state index in [-0.39, 0.29) is 23.5 Å². The highest BCUT2D eigenvalue weighted by Gasteiger charge is 2.34. The number of rotatable bonds is 4. The van der Waals surface area contributed by atoms with Gasteiger partial charge >= 0.3 is 0 Å². The first-order chi connectivity index (χ1) is 12.8. The molecule has 0 bridgehead atoms. The summed E-state index contributed by atoms with van der Waals surface area (Å²) in [5.41, 5.74) is 6.04. The Balaban J connectivity index is 1.45. The maximum atomic E-state index is 12.7. The number of sulfone groups is 1. The molecule has 0 unspecified atom stereocenters. The standard InChI is InChI=1S/C21H24N2O3S/c1-14(21(24)23(2)18-9-10-27(25,26)13-18)22-17-7-8-20-16(12-17)11-15-5-3-4-6-19(15)20/h3-8,12,14,18,22H,9-11,13H2,1-2H3/t14-,18+/m0/s1. The number of carbonyl (C=O) groups is 1. The first-order valence-electron chi connectivity index (χ1n) is 9.29. The molecular formula is C21H24N2O3S. The molecule has 2 aromatic carbocycles. The van der Waals surface area contributed by atoms with Crippen LogP contribution in [0.15, 0.2) is 42.5 Å². The minimum Gasteiger partial charge on any atom is -0.374 e. The van der Waals surface area contributed by atoms with E-state index in [1.54, 1.807) is 11.9 Å². The molecular weight excluding hydrogens is 360 g/mol. The van der Waals surface area contributed by atoms with Crippen LogP contribution in [0.1, 0.15) is 24.5 Å². The maximum absolute atomic E-state index is 12.7. The SMILES string of the molecule is C[C@H](Nc1ccc2c(c1)Cc1ccccc1-2)C(=O)N(C)[C@@H]1CCS(=O)(=O)C1. The number of nitrogens with zero attached hydrogens (tertiary/aromatic N) is 1. The second-order valence-electron chi connectivity index (χ2n) is 7.58. The zero-order valence-electron chi connectivity index (χ0n) is 15.6. The van der Waals surface area contributed by atoms with Crippen LogP contribution in [0, 0.1) is 0 Å². The Morgan fingerprint density at radius 1 is 1.15 bits per heavy atom. The first kappa shape index (κ1) is 18.0. The zero-order chi connectivity index (χ0) is 19.2. The highest BCUT2D eigenvalue weighted by atomic mass is 32.2. The van der Waals surface area contributed by atoms with Crippen LogP contribution in [0.3, 0.4) is 0 Å². The number of hydrogen-bond acceptors (Lipinski definition) is 4. The van der Waals surface area contributed by atoms with E-state index in [4.69, 9.17) is 0 Å². The normalized spacial score (nSPS) is 20.6. The number of carbonyl (C=O) groups excluding carboxylic acids is 1.